The fraction of sp³-hybridized carbons (Fsp3) is 0.152. The number of ether oxygens (including phenoxy) is 3. The third kappa shape index (κ3) is 6.32. The van der Waals surface area contributed by atoms with Crippen LogP contribution in [0.15, 0.2) is 109 Å². The molecule has 0 radical (unpaired) electrons. The van der Waals surface area contributed by atoms with Crippen LogP contribution in [-0.4, -0.2) is 29.4 Å². The van der Waals surface area contributed by atoms with Crippen LogP contribution in [0.3, 0.4) is 0 Å². The van der Waals surface area contributed by atoms with Crippen LogP contribution in [0, 0.1) is 6.92 Å². The number of aromatic nitrogens is 2. The van der Waals surface area contributed by atoms with Gasteiger partial charge in [-0.25, -0.2) is 9.78 Å². The Morgan fingerprint density at radius 1 is 0.800 bits per heavy atom. The molecule has 1 heterocycles. The van der Waals surface area contributed by atoms with Crippen molar-refractivity contribution in [2.24, 2.45) is 0 Å². The number of carbonyl (C=O) groups is 1. The van der Waals surface area contributed by atoms with E-state index in [2.05, 4.69) is 46.3 Å². The number of amides is 1. The van der Waals surface area contributed by atoms with Crippen LogP contribution in [0.4, 0.5) is 10.5 Å². The summed E-state index contributed by atoms with van der Waals surface area (Å²) in [4.78, 5) is 17.2. The summed E-state index contributed by atoms with van der Waals surface area (Å²) in [6.07, 6.45) is 0.203. The van der Waals surface area contributed by atoms with Crippen molar-refractivity contribution < 1.29 is 19.0 Å². The lowest BCUT2D eigenvalue weighted by Gasteiger charge is -2.13. The molecule has 1 amide bonds. The Labute approximate surface area is 234 Å². The molecule has 5 aromatic rings. The average Bonchev–Trinajstić information content (AvgIpc) is 3.33. The molecule has 5 rings (SSSR count). The minimum Gasteiger partial charge on any atom is -0.494 e. The number of nitrogens with zero attached hydrogens (tertiary/aromatic N) is 2. The van der Waals surface area contributed by atoms with Gasteiger partial charge in [-0.2, -0.15) is 0 Å². The lowest BCUT2D eigenvalue weighted by atomic mass is 10.0. The van der Waals surface area contributed by atoms with Crippen LogP contribution in [0.25, 0.3) is 22.5 Å². The molecule has 7 nitrogen and oxygen atoms in total. The number of carbonyl (C=O) groups excluding carboxylic acids is 1. The van der Waals surface area contributed by atoms with E-state index in [1.807, 2.05) is 49.4 Å². The molecule has 1 aromatic heterocycles. The molecule has 0 aliphatic carbocycles. The van der Waals surface area contributed by atoms with Gasteiger partial charge in [0.25, 0.3) is 0 Å². The number of benzene rings is 4. The number of rotatable bonds is 10. The normalized spacial score (nSPS) is 10.7. The van der Waals surface area contributed by atoms with E-state index >= 15 is 0 Å². The van der Waals surface area contributed by atoms with Crippen LogP contribution in [-0.2, 0) is 6.54 Å². The van der Waals surface area contributed by atoms with Crippen molar-refractivity contribution in [2.45, 2.75) is 19.9 Å². The van der Waals surface area contributed by atoms with Crippen molar-refractivity contribution in [3.8, 4) is 39.8 Å². The summed E-state index contributed by atoms with van der Waals surface area (Å²) in [5, 5.41) is 2.72. The van der Waals surface area contributed by atoms with Crippen LogP contribution >= 0.6 is 0 Å². The summed E-state index contributed by atoms with van der Waals surface area (Å²) in [6.45, 7) is 3.35. The predicted molar refractivity (Wildman–Crippen MR) is 157 cm³/mol. The van der Waals surface area contributed by atoms with Gasteiger partial charge in [-0.3, -0.25) is 5.32 Å². The van der Waals surface area contributed by atoms with Crippen molar-refractivity contribution in [3.63, 3.8) is 0 Å². The van der Waals surface area contributed by atoms with Crippen molar-refractivity contribution in [3.05, 3.63) is 115 Å². The number of nitrogens with one attached hydrogen (secondary N) is 1. The maximum Gasteiger partial charge on any atom is 0.417 e. The van der Waals surface area contributed by atoms with Crippen molar-refractivity contribution in [1.29, 1.82) is 0 Å². The molecule has 202 valence electrons. The fourth-order valence-electron chi connectivity index (χ4n) is 4.52. The Kier molecular flexibility index (Phi) is 8.41. The van der Waals surface area contributed by atoms with E-state index in [4.69, 9.17) is 19.2 Å². The summed E-state index contributed by atoms with van der Waals surface area (Å²) in [5.41, 5.74) is 4.93. The van der Waals surface area contributed by atoms with Gasteiger partial charge in [0.2, 0.25) is 0 Å². The zero-order chi connectivity index (χ0) is 27.7. The second-order valence-electron chi connectivity index (χ2n) is 9.13. The second-order valence-corrected chi connectivity index (χ2v) is 9.13. The van der Waals surface area contributed by atoms with Crippen LogP contribution < -0.4 is 19.5 Å². The van der Waals surface area contributed by atoms with E-state index < -0.39 is 6.09 Å². The molecule has 7 heteroatoms. The molecule has 0 fully saturated rings. The number of aryl methyl sites for hydroxylation is 1. The van der Waals surface area contributed by atoms with Crippen molar-refractivity contribution >= 4 is 11.8 Å². The first kappa shape index (κ1) is 26.6. The first-order chi connectivity index (χ1) is 19.6. The van der Waals surface area contributed by atoms with Gasteiger partial charge in [-0.1, -0.05) is 72.8 Å². The Hall–Kier alpha value is -5.04. The first-order valence-corrected chi connectivity index (χ1v) is 13.1. The lowest BCUT2D eigenvalue weighted by Crippen LogP contribution is -2.17. The van der Waals surface area contributed by atoms with Gasteiger partial charge >= 0.3 is 6.09 Å². The van der Waals surface area contributed by atoms with Crippen molar-refractivity contribution in [1.82, 2.24) is 9.55 Å². The van der Waals surface area contributed by atoms with Gasteiger partial charge < -0.3 is 18.8 Å². The molecule has 0 aliphatic heterocycles. The number of anilines is 1. The Morgan fingerprint density at radius 2 is 1.43 bits per heavy atom. The van der Waals surface area contributed by atoms with Gasteiger partial charge in [0.05, 0.1) is 25.1 Å². The Morgan fingerprint density at radius 3 is 2.10 bits per heavy atom. The maximum absolute atomic E-state index is 12.3. The summed E-state index contributed by atoms with van der Waals surface area (Å²) >= 11 is 0. The summed E-state index contributed by atoms with van der Waals surface area (Å²) in [5.74, 6) is 2.52. The maximum atomic E-state index is 12.3. The molecule has 0 saturated carbocycles. The molecule has 0 atom stereocenters. The first-order valence-electron chi connectivity index (χ1n) is 13.1. The highest BCUT2D eigenvalue weighted by molar-refractivity contribution is 5.86. The van der Waals surface area contributed by atoms with Gasteiger partial charge in [-0.15, -0.1) is 0 Å². The summed E-state index contributed by atoms with van der Waals surface area (Å²) in [7, 11) is 1.53. The SMILES string of the molecule is COc1ccccc1OC(=O)Nc1ccc(OCCCn2c(C)nc(-c3ccccc3)c2-c2ccccc2)cc1. The third-order valence-corrected chi connectivity index (χ3v) is 6.42. The highest BCUT2D eigenvalue weighted by atomic mass is 16.6. The second kappa shape index (κ2) is 12.7. The quantitative estimate of drug-likeness (QED) is 0.187. The van der Waals surface area contributed by atoms with Gasteiger partial charge in [-0.05, 0) is 49.7 Å². The van der Waals surface area contributed by atoms with Crippen molar-refractivity contribution in [2.75, 3.05) is 19.0 Å². The Bertz CT molecular complexity index is 1550. The van der Waals surface area contributed by atoms with E-state index in [-0.39, 0.29) is 0 Å². The molecule has 4 aromatic carbocycles. The molecule has 0 saturated heterocycles. The molecular formula is C33H31N3O4. The van der Waals surface area contributed by atoms with Crippen LogP contribution in [0.5, 0.6) is 17.2 Å². The van der Waals surface area contributed by atoms with E-state index in [1.165, 1.54) is 7.11 Å². The summed E-state index contributed by atoms with van der Waals surface area (Å²) < 4.78 is 18.8. The topological polar surface area (TPSA) is 74.6 Å². The third-order valence-electron chi connectivity index (χ3n) is 6.42. The molecule has 0 bridgehead atoms. The lowest BCUT2D eigenvalue weighted by molar-refractivity contribution is 0.213. The zero-order valence-corrected chi connectivity index (χ0v) is 22.5. The van der Waals surface area contributed by atoms with Crippen LogP contribution in [0.2, 0.25) is 0 Å². The molecule has 0 aliphatic rings. The molecule has 1 N–H and O–H groups in total. The number of hydrogen-bond acceptors (Lipinski definition) is 5. The van der Waals surface area contributed by atoms with E-state index in [1.54, 1.807) is 30.3 Å². The average molecular weight is 534 g/mol. The summed E-state index contributed by atoms with van der Waals surface area (Å²) in [6, 6.07) is 34.8. The number of imidazole rings is 1. The number of hydrogen-bond donors (Lipinski definition) is 1. The van der Waals surface area contributed by atoms with Gasteiger partial charge in [0, 0.05) is 23.4 Å². The molecule has 0 unspecified atom stereocenters. The Balaban J connectivity index is 1.19. The highest BCUT2D eigenvalue weighted by Gasteiger charge is 2.17. The van der Waals surface area contributed by atoms with E-state index in [0.717, 1.165) is 47.1 Å². The smallest absolute Gasteiger partial charge is 0.417 e. The molecule has 0 spiro atoms. The van der Waals surface area contributed by atoms with Crippen LogP contribution in [0.1, 0.15) is 12.2 Å². The van der Waals surface area contributed by atoms with E-state index in [0.29, 0.717) is 23.8 Å². The minimum absolute atomic E-state index is 0.349. The standard InChI is InChI=1S/C33H31N3O4/c1-24-34-31(25-12-5-3-6-13-25)32(26-14-7-4-8-15-26)36(24)22-11-23-39-28-20-18-27(19-21-28)35-33(37)40-30-17-10-9-16-29(30)38-2/h3-10,12-21H,11,22-23H2,1-2H3,(H,35,37). The number of para-hydroxylation sites is 2. The van der Waals surface area contributed by atoms with Gasteiger partial charge in [0.15, 0.2) is 11.5 Å². The largest absolute Gasteiger partial charge is 0.494 e. The zero-order valence-electron chi connectivity index (χ0n) is 22.5. The molecule has 40 heavy (non-hydrogen) atoms. The molecular weight excluding hydrogens is 502 g/mol. The highest BCUT2D eigenvalue weighted by Crippen LogP contribution is 2.33. The van der Waals surface area contributed by atoms with Gasteiger partial charge in [0.1, 0.15) is 11.6 Å². The predicted octanol–water partition coefficient (Wildman–Crippen LogP) is 7.61. The monoisotopic (exact) mass is 533 g/mol. The van der Waals surface area contributed by atoms with E-state index in [9.17, 15) is 4.79 Å². The number of methoxy groups -OCH3 is 1. The minimum atomic E-state index is -0.599. The fourth-order valence-corrected chi connectivity index (χ4v) is 4.52.